The van der Waals surface area contributed by atoms with Gasteiger partial charge in [-0.25, -0.2) is 4.68 Å². The van der Waals surface area contributed by atoms with Crippen LogP contribution < -0.4 is 0 Å². The maximum absolute atomic E-state index is 13.0. The highest BCUT2D eigenvalue weighted by Crippen LogP contribution is 2.38. The summed E-state index contributed by atoms with van der Waals surface area (Å²) in [5.74, 6) is -0.782. The molecule has 1 aromatic heterocycles. The predicted molar refractivity (Wildman–Crippen MR) is 115 cm³/mol. The van der Waals surface area contributed by atoms with Crippen molar-refractivity contribution < 1.29 is 19.1 Å². The molecule has 3 rings (SSSR count). The van der Waals surface area contributed by atoms with Gasteiger partial charge in [-0.15, -0.1) is 0 Å². The highest BCUT2D eigenvalue weighted by molar-refractivity contribution is 6.05. The molecule has 1 fully saturated rings. The van der Waals surface area contributed by atoms with Crippen LogP contribution in [0.2, 0.25) is 0 Å². The first-order valence-electron chi connectivity index (χ1n) is 11.0. The van der Waals surface area contributed by atoms with E-state index in [4.69, 9.17) is 9.47 Å². The highest BCUT2D eigenvalue weighted by atomic mass is 16.5. The molecule has 1 aliphatic heterocycles. The molecule has 6 heteroatoms. The van der Waals surface area contributed by atoms with Crippen LogP contribution in [0.25, 0.3) is 0 Å². The summed E-state index contributed by atoms with van der Waals surface area (Å²) < 4.78 is 13.2. The minimum absolute atomic E-state index is 0.118. The van der Waals surface area contributed by atoms with Crippen molar-refractivity contribution in [1.82, 2.24) is 9.78 Å². The molecule has 2 aliphatic rings. The monoisotopic (exact) mass is 414 g/mol. The van der Waals surface area contributed by atoms with E-state index in [1.807, 2.05) is 36.8 Å². The smallest absolute Gasteiger partial charge is 0.314 e. The van der Waals surface area contributed by atoms with Crippen molar-refractivity contribution in [2.45, 2.75) is 78.9 Å². The summed E-state index contributed by atoms with van der Waals surface area (Å²) >= 11 is 0. The lowest BCUT2D eigenvalue weighted by Gasteiger charge is -2.32. The second-order valence-electron chi connectivity index (χ2n) is 9.00. The van der Waals surface area contributed by atoms with Gasteiger partial charge in [0, 0.05) is 17.9 Å². The Balaban J connectivity index is 1.77. The molecule has 1 unspecified atom stereocenters. The minimum atomic E-state index is -0.516. The van der Waals surface area contributed by atoms with Crippen LogP contribution in [-0.2, 0) is 27.1 Å². The number of ketones is 1. The normalized spacial score (nSPS) is 21.5. The van der Waals surface area contributed by atoms with Crippen LogP contribution in [0.3, 0.4) is 0 Å². The third-order valence-corrected chi connectivity index (χ3v) is 5.97. The number of esters is 1. The van der Waals surface area contributed by atoms with Gasteiger partial charge in [0.25, 0.3) is 0 Å². The zero-order valence-electron chi connectivity index (χ0n) is 18.7. The van der Waals surface area contributed by atoms with Crippen molar-refractivity contribution in [3.8, 4) is 0 Å². The Hall–Kier alpha value is -2.21. The number of carbonyl (C=O) groups excluding carboxylic acids is 2. The summed E-state index contributed by atoms with van der Waals surface area (Å²) in [6, 6.07) is 0. The van der Waals surface area contributed by atoms with E-state index in [2.05, 4.69) is 18.9 Å². The SMILES string of the molecule is C/C=C\C(=C/C)COC(=O)CC(=O)c1nn(C2CCCCO2)c2c1CCC(C)(C)C2. The van der Waals surface area contributed by atoms with Gasteiger partial charge in [0.05, 0.1) is 0 Å². The molecule has 0 spiro atoms. The van der Waals surface area contributed by atoms with Gasteiger partial charge in [0.1, 0.15) is 24.9 Å². The molecule has 6 nitrogen and oxygen atoms in total. The number of ether oxygens (including phenoxy) is 2. The van der Waals surface area contributed by atoms with Gasteiger partial charge in [-0.2, -0.15) is 5.10 Å². The summed E-state index contributed by atoms with van der Waals surface area (Å²) in [6.45, 7) is 9.18. The number of carbonyl (C=O) groups is 2. The second-order valence-corrected chi connectivity index (χ2v) is 9.00. The van der Waals surface area contributed by atoms with Gasteiger partial charge >= 0.3 is 5.97 Å². The number of aromatic nitrogens is 2. The summed E-state index contributed by atoms with van der Waals surface area (Å²) in [6.07, 6.45) is 11.0. The van der Waals surface area contributed by atoms with Crippen LogP contribution in [0.15, 0.2) is 23.8 Å². The Morgan fingerprint density at radius 1 is 1.30 bits per heavy atom. The van der Waals surface area contributed by atoms with Crippen molar-refractivity contribution in [3.05, 3.63) is 40.8 Å². The molecule has 164 valence electrons. The first-order chi connectivity index (χ1) is 14.3. The standard InChI is InChI=1S/C24H34N2O4/c1-5-9-17(6-2)16-30-22(28)14-20(27)23-18-11-12-24(3,4)15-19(18)26(25-23)21-10-7-8-13-29-21/h5-6,9,21H,7-8,10-16H2,1-4H3/b9-5-,17-6+. The van der Waals surface area contributed by atoms with Crippen LogP contribution in [0.1, 0.15) is 87.8 Å². The molecule has 0 N–H and O–H groups in total. The van der Waals surface area contributed by atoms with Crippen molar-refractivity contribution in [2.24, 2.45) is 5.41 Å². The quantitative estimate of drug-likeness (QED) is 0.279. The lowest BCUT2D eigenvalue weighted by molar-refractivity contribution is -0.141. The van der Waals surface area contributed by atoms with Gasteiger partial charge in [-0.3, -0.25) is 9.59 Å². The average molecular weight is 415 g/mol. The zero-order chi connectivity index (χ0) is 21.7. The average Bonchev–Trinajstić information content (AvgIpc) is 3.09. The number of allylic oxidation sites excluding steroid dienone is 2. The maximum Gasteiger partial charge on any atom is 0.314 e. The molecular formula is C24H34N2O4. The maximum atomic E-state index is 13.0. The van der Waals surface area contributed by atoms with Crippen LogP contribution >= 0.6 is 0 Å². The molecule has 1 aromatic rings. The van der Waals surface area contributed by atoms with E-state index in [0.29, 0.717) is 5.69 Å². The van der Waals surface area contributed by atoms with Crippen molar-refractivity contribution in [3.63, 3.8) is 0 Å². The van der Waals surface area contributed by atoms with Gasteiger partial charge in [-0.1, -0.05) is 32.1 Å². The summed E-state index contributed by atoms with van der Waals surface area (Å²) in [7, 11) is 0. The fourth-order valence-electron chi connectivity index (χ4n) is 4.21. The van der Waals surface area contributed by atoms with Crippen LogP contribution in [-0.4, -0.2) is 34.7 Å². The van der Waals surface area contributed by atoms with Crippen LogP contribution in [0, 0.1) is 5.41 Å². The van der Waals surface area contributed by atoms with Crippen molar-refractivity contribution in [2.75, 3.05) is 13.2 Å². The van der Waals surface area contributed by atoms with Gasteiger partial charge in [0.15, 0.2) is 5.78 Å². The van der Waals surface area contributed by atoms with Crippen LogP contribution in [0.5, 0.6) is 0 Å². The van der Waals surface area contributed by atoms with Gasteiger partial charge in [0.2, 0.25) is 0 Å². The fourth-order valence-corrected chi connectivity index (χ4v) is 4.21. The lowest BCUT2D eigenvalue weighted by Crippen LogP contribution is -2.27. The molecular weight excluding hydrogens is 380 g/mol. The Kier molecular flexibility index (Phi) is 7.29. The predicted octanol–water partition coefficient (Wildman–Crippen LogP) is 4.74. The number of fused-ring (bicyclic) bond motifs is 1. The van der Waals surface area contributed by atoms with E-state index in [9.17, 15) is 9.59 Å². The number of nitrogens with zero attached hydrogens (tertiary/aromatic N) is 2. The van der Waals surface area contributed by atoms with E-state index in [-0.39, 0.29) is 30.5 Å². The van der Waals surface area contributed by atoms with Gasteiger partial charge in [-0.05, 0) is 63.4 Å². The van der Waals surface area contributed by atoms with E-state index in [1.54, 1.807) is 0 Å². The molecule has 1 atom stereocenters. The summed E-state index contributed by atoms with van der Waals surface area (Å²) in [5, 5.41) is 4.69. The van der Waals surface area contributed by atoms with Crippen molar-refractivity contribution >= 4 is 11.8 Å². The first kappa shape index (κ1) is 22.5. The number of Topliss-reactive ketones (excluding diaryl/α,β-unsaturated/α-hetero) is 1. The Labute approximate surface area is 179 Å². The minimum Gasteiger partial charge on any atom is -0.460 e. The van der Waals surface area contributed by atoms with Crippen LogP contribution in [0.4, 0.5) is 0 Å². The molecule has 30 heavy (non-hydrogen) atoms. The molecule has 0 bridgehead atoms. The zero-order valence-corrected chi connectivity index (χ0v) is 18.7. The van der Waals surface area contributed by atoms with Gasteiger partial charge < -0.3 is 9.47 Å². The van der Waals surface area contributed by atoms with E-state index < -0.39 is 5.97 Å². The van der Waals surface area contributed by atoms with E-state index in [1.165, 1.54) is 0 Å². The molecule has 0 amide bonds. The Bertz CT molecular complexity index is 842. The largest absolute Gasteiger partial charge is 0.460 e. The topological polar surface area (TPSA) is 70.4 Å². The molecule has 2 heterocycles. The second kappa shape index (κ2) is 9.73. The van der Waals surface area contributed by atoms with Crippen molar-refractivity contribution in [1.29, 1.82) is 0 Å². The molecule has 0 saturated carbocycles. The summed E-state index contributed by atoms with van der Waals surface area (Å²) in [5.41, 5.74) is 3.57. The number of rotatable bonds is 7. The molecule has 1 saturated heterocycles. The number of hydrogen-bond donors (Lipinski definition) is 0. The Morgan fingerprint density at radius 3 is 2.77 bits per heavy atom. The fraction of sp³-hybridized carbons (Fsp3) is 0.625. The summed E-state index contributed by atoms with van der Waals surface area (Å²) in [4.78, 5) is 25.3. The third-order valence-electron chi connectivity index (χ3n) is 5.97. The third kappa shape index (κ3) is 5.28. The lowest BCUT2D eigenvalue weighted by atomic mass is 9.76. The highest BCUT2D eigenvalue weighted by Gasteiger charge is 2.35. The van der Waals surface area contributed by atoms with E-state index in [0.717, 1.165) is 62.0 Å². The molecule has 0 radical (unpaired) electrons. The van der Waals surface area contributed by atoms with E-state index >= 15 is 0 Å². The Morgan fingerprint density at radius 2 is 2.10 bits per heavy atom. The number of hydrogen-bond acceptors (Lipinski definition) is 5. The molecule has 0 aromatic carbocycles. The first-order valence-corrected chi connectivity index (χ1v) is 11.0. The molecule has 1 aliphatic carbocycles.